The summed E-state index contributed by atoms with van der Waals surface area (Å²) in [6, 6.07) is 6.85. The molecule has 1 fully saturated rings. The van der Waals surface area contributed by atoms with Crippen LogP contribution in [0.3, 0.4) is 0 Å². The highest BCUT2D eigenvalue weighted by Gasteiger charge is 2.34. The number of nitrogens with zero attached hydrogens (tertiary/aromatic N) is 1. The van der Waals surface area contributed by atoms with Crippen LogP contribution >= 0.6 is 0 Å². The molecule has 1 aromatic carbocycles. The number of ether oxygens (including phenoxy) is 8. The van der Waals surface area contributed by atoms with Gasteiger partial charge in [-0.05, 0) is 44.9 Å². The lowest BCUT2D eigenvalue weighted by molar-refractivity contribution is -0.169. The van der Waals surface area contributed by atoms with Crippen molar-refractivity contribution in [1.82, 2.24) is 4.90 Å². The van der Waals surface area contributed by atoms with Crippen molar-refractivity contribution in [2.75, 3.05) is 113 Å². The minimum absolute atomic E-state index is 0.0340. The Balaban J connectivity index is 0.000000424. The van der Waals surface area contributed by atoms with Crippen LogP contribution in [0.5, 0.6) is 0 Å². The van der Waals surface area contributed by atoms with E-state index in [0.717, 1.165) is 32.5 Å². The molecule has 0 aromatic heterocycles. The van der Waals surface area contributed by atoms with E-state index in [1.54, 1.807) is 24.3 Å². The SMILES string of the molecule is CCCOCCOCCOCCN1C(=O)c2ccccc2C1=O.CN.NCCOCCOCCOCCOC1CCCCO1. The number of fused-ring (bicyclic) bond motifs is 1. The van der Waals surface area contributed by atoms with Crippen LogP contribution in [-0.4, -0.2) is 136 Å². The number of amides is 2. The van der Waals surface area contributed by atoms with Gasteiger partial charge in [0.25, 0.3) is 11.8 Å². The number of carbonyl (C=O) groups is 2. The molecule has 0 radical (unpaired) electrons. The zero-order chi connectivity index (χ0) is 32.1. The van der Waals surface area contributed by atoms with Crippen molar-refractivity contribution in [3.8, 4) is 0 Å². The summed E-state index contributed by atoms with van der Waals surface area (Å²) in [4.78, 5) is 25.4. The first-order chi connectivity index (χ1) is 21.7. The van der Waals surface area contributed by atoms with E-state index in [0.29, 0.717) is 97.0 Å². The van der Waals surface area contributed by atoms with Crippen LogP contribution < -0.4 is 11.5 Å². The first-order valence-corrected chi connectivity index (χ1v) is 15.6. The monoisotopic (exact) mass is 629 g/mol. The van der Waals surface area contributed by atoms with Crippen molar-refractivity contribution in [3.05, 3.63) is 35.4 Å². The van der Waals surface area contributed by atoms with Crippen molar-refractivity contribution in [2.45, 2.75) is 38.9 Å². The minimum Gasteiger partial charge on any atom is -0.379 e. The second kappa shape index (κ2) is 28.4. The van der Waals surface area contributed by atoms with Crippen LogP contribution in [0.25, 0.3) is 0 Å². The molecule has 13 heteroatoms. The molecule has 13 nitrogen and oxygen atoms in total. The third kappa shape index (κ3) is 18.1. The van der Waals surface area contributed by atoms with Crippen LogP contribution in [0.4, 0.5) is 0 Å². The molecular weight excluding hydrogens is 574 g/mol. The molecule has 0 saturated carbocycles. The lowest BCUT2D eigenvalue weighted by atomic mass is 10.1. The number of benzene rings is 1. The lowest BCUT2D eigenvalue weighted by Gasteiger charge is -2.22. The van der Waals surface area contributed by atoms with E-state index in [1.807, 2.05) is 0 Å². The van der Waals surface area contributed by atoms with Crippen molar-refractivity contribution >= 4 is 11.8 Å². The molecular formula is C31H55N3O10. The summed E-state index contributed by atoms with van der Waals surface area (Å²) in [7, 11) is 1.50. The van der Waals surface area contributed by atoms with Gasteiger partial charge in [0.15, 0.2) is 6.29 Å². The van der Waals surface area contributed by atoms with Gasteiger partial charge in [-0.25, -0.2) is 0 Å². The van der Waals surface area contributed by atoms with E-state index in [2.05, 4.69) is 12.7 Å². The van der Waals surface area contributed by atoms with E-state index >= 15 is 0 Å². The van der Waals surface area contributed by atoms with Crippen molar-refractivity contribution < 1.29 is 47.5 Å². The third-order valence-electron chi connectivity index (χ3n) is 6.11. The van der Waals surface area contributed by atoms with Gasteiger partial charge in [0, 0.05) is 19.8 Å². The molecule has 0 aliphatic carbocycles. The molecule has 1 saturated heterocycles. The second-order valence-electron chi connectivity index (χ2n) is 9.44. The zero-order valence-electron chi connectivity index (χ0n) is 26.7. The predicted octanol–water partition coefficient (Wildman–Crippen LogP) is 1.86. The van der Waals surface area contributed by atoms with Crippen LogP contribution in [0.2, 0.25) is 0 Å². The third-order valence-corrected chi connectivity index (χ3v) is 6.11. The molecule has 0 spiro atoms. The predicted molar refractivity (Wildman–Crippen MR) is 166 cm³/mol. The summed E-state index contributed by atoms with van der Waals surface area (Å²) in [5, 5.41) is 0. The van der Waals surface area contributed by atoms with Gasteiger partial charge in [-0.2, -0.15) is 0 Å². The molecule has 2 heterocycles. The number of nitrogens with two attached hydrogens (primary N) is 2. The first kappa shape index (κ1) is 40.0. The first-order valence-electron chi connectivity index (χ1n) is 15.6. The quantitative estimate of drug-likeness (QED) is 0.134. The molecule has 2 aliphatic rings. The van der Waals surface area contributed by atoms with Crippen LogP contribution in [-0.2, 0) is 37.9 Å². The number of rotatable bonds is 23. The Bertz CT molecular complexity index is 808. The van der Waals surface area contributed by atoms with Crippen molar-refractivity contribution in [1.29, 1.82) is 0 Å². The maximum Gasteiger partial charge on any atom is 0.261 e. The Hall–Kier alpha value is -2.04. The number of imide groups is 1. The Morgan fingerprint density at radius 3 is 1.66 bits per heavy atom. The second-order valence-corrected chi connectivity index (χ2v) is 9.44. The topological polar surface area (TPSA) is 163 Å². The average Bonchev–Trinajstić information content (AvgIpc) is 3.31. The molecule has 2 aliphatic heterocycles. The maximum absolute atomic E-state index is 12.1. The van der Waals surface area contributed by atoms with E-state index in [4.69, 9.17) is 43.6 Å². The van der Waals surface area contributed by atoms with Gasteiger partial charge >= 0.3 is 0 Å². The zero-order valence-corrected chi connectivity index (χ0v) is 26.7. The van der Waals surface area contributed by atoms with Gasteiger partial charge in [0.05, 0.1) is 97.0 Å². The van der Waals surface area contributed by atoms with E-state index in [9.17, 15) is 9.59 Å². The molecule has 254 valence electrons. The van der Waals surface area contributed by atoms with Gasteiger partial charge < -0.3 is 49.4 Å². The summed E-state index contributed by atoms with van der Waals surface area (Å²) >= 11 is 0. The molecule has 44 heavy (non-hydrogen) atoms. The molecule has 1 unspecified atom stereocenters. The largest absolute Gasteiger partial charge is 0.379 e. The Morgan fingerprint density at radius 1 is 0.705 bits per heavy atom. The Morgan fingerprint density at radius 2 is 1.18 bits per heavy atom. The summed E-state index contributed by atoms with van der Waals surface area (Å²) in [6.45, 7) is 10.8. The summed E-state index contributed by atoms with van der Waals surface area (Å²) in [5.41, 5.74) is 10.7. The fourth-order valence-electron chi connectivity index (χ4n) is 3.99. The Kier molecular flexibility index (Phi) is 25.8. The van der Waals surface area contributed by atoms with E-state index < -0.39 is 0 Å². The molecule has 3 rings (SSSR count). The van der Waals surface area contributed by atoms with E-state index in [1.165, 1.54) is 18.4 Å². The van der Waals surface area contributed by atoms with Gasteiger partial charge in [0.2, 0.25) is 0 Å². The smallest absolute Gasteiger partial charge is 0.261 e. The van der Waals surface area contributed by atoms with Crippen LogP contribution in [0, 0.1) is 0 Å². The summed E-state index contributed by atoms with van der Waals surface area (Å²) in [5.74, 6) is -0.503. The normalized spacial score (nSPS) is 15.8. The lowest BCUT2D eigenvalue weighted by Crippen LogP contribution is -2.33. The van der Waals surface area contributed by atoms with Gasteiger partial charge in [-0.1, -0.05) is 19.1 Å². The van der Waals surface area contributed by atoms with Gasteiger partial charge in [-0.15, -0.1) is 0 Å². The maximum atomic E-state index is 12.1. The summed E-state index contributed by atoms with van der Waals surface area (Å²) in [6.07, 6.45) is 4.29. The fraction of sp³-hybridized carbons (Fsp3) is 0.742. The molecule has 0 bridgehead atoms. The Labute approximate surface area is 262 Å². The number of carbonyl (C=O) groups excluding carboxylic acids is 2. The highest BCUT2D eigenvalue weighted by Crippen LogP contribution is 2.21. The van der Waals surface area contributed by atoms with Gasteiger partial charge in [-0.3, -0.25) is 14.5 Å². The molecule has 1 aromatic rings. The van der Waals surface area contributed by atoms with E-state index in [-0.39, 0.29) is 24.6 Å². The molecule has 2 amide bonds. The number of hydrogen-bond acceptors (Lipinski definition) is 12. The summed E-state index contributed by atoms with van der Waals surface area (Å²) < 4.78 is 42.9. The highest BCUT2D eigenvalue weighted by molar-refractivity contribution is 6.21. The fourth-order valence-corrected chi connectivity index (χ4v) is 3.99. The van der Waals surface area contributed by atoms with Crippen LogP contribution in [0.15, 0.2) is 24.3 Å². The molecule has 4 N–H and O–H groups in total. The van der Waals surface area contributed by atoms with Gasteiger partial charge in [0.1, 0.15) is 0 Å². The van der Waals surface area contributed by atoms with Crippen molar-refractivity contribution in [2.24, 2.45) is 11.5 Å². The highest BCUT2D eigenvalue weighted by atomic mass is 16.7. The van der Waals surface area contributed by atoms with Crippen LogP contribution in [0.1, 0.15) is 53.3 Å². The average molecular weight is 630 g/mol. The molecule has 1 atom stereocenters. The number of hydrogen-bond donors (Lipinski definition) is 2. The minimum atomic E-state index is -0.251. The standard InChI is InChI=1S/C17H23NO5.C13H27NO5.CH5N/c1-2-8-21-10-12-23-13-11-22-9-7-18-16(19)14-5-3-4-6-15(14)17(18)20;14-4-6-15-7-8-16-9-10-17-11-12-19-13-3-1-2-5-18-13;1-2/h3-6H,2,7-13H2,1H3;13H,1-12,14H2;2H2,1H3. The van der Waals surface area contributed by atoms with Crippen molar-refractivity contribution in [3.63, 3.8) is 0 Å².